The topological polar surface area (TPSA) is 92.4 Å². The molecule has 4 aromatic rings. The van der Waals surface area contributed by atoms with Crippen LogP contribution in [0.1, 0.15) is 12.8 Å². The highest BCUT2D eigenvalue weighted by atomic mass is 32.2. The van der Waals surface area contributed by atoms with Crippen molar-refractivity contribution in [3.05, 3.63) is 60.5 Å². The average molecular weight is 434 g/mol. The molecule has 0 saturated carbocycles. The molecule has 0 amide bonds. The summed E-state index contributed by atoms with van der Waals surface area (Å²) in [5.41, 5.74) is 2.59. The van der Waals surface area contributed by atoms with E-state index in [0.717, 1.165) is 33.3 Å². The number of benzene rings is 2. The number of ether oxygens (including phenoxy) is 3. The van der Waals surface area contributed by atoms with Gasteiger partial charge in [-0.2, -0.15) is 4.98 Å². The first-order valence-electron chi connectivity index (χ1n) is 9.71. The molecule has 5 rings (SSSR count). The minimum Gasteiger partial charge on any atom is -0.494 e. The molecule has 0 bridgehead atoms. The van der Waals surface area contributed by atoms with Gasteiger partial charge in [0.15, 0.2) is 11.5 Å². The third kappa shape index (κ3) is 4.31. The van der Waals surface area contributed by atoms with E-state index in [2.05, 4.69) is 20.3 Å². The number of nitrogens with zero attached hydrogens (tertiary/aromatic N) is 4. The Hall–Kier alpha value is -3.59. The van der Waals surface area contributed by atoms with E-state index in [4.69, 9.17) is 18.7 Å². The van der Waals surface area contributed by atoms with Crippen LogP contribution in [0.2, 0.25) is 0 Å². The third-order valence-corrected chi connectivity index (χ3v) is 5.45. The smallest absolute Gasteiger partial charge is 0.237 e. The molecule has 0 saturated heterocycles. The van der Waals surface area contributed by atoms with Crippen LogP contribution in [0.4, 0.5) is 0 Å². The van der Waals surface area contributed by atoms with Gasteiger partial charge in [-0.1, -0.05) is 16.9 Å². The number of fused-ring (bicyclic) bond motifs is 1. The lowest BCUT2D eigenvalue weighted by atomic mass is 10.1. The Bertz CT molecular complexity index is 1180. The Morgan fingerprint density at radius 1 is 0.935 bits per heavy atom. The summed E-state index contributed by atoms with van der Waals surface area (Å²) in [5, 5.41) is 13.4. The molecular formula is C22H18N4O4S. The number of aromatic nitrogens is 4. The van der Waals surface area contributed by atoms with Crippen LogP contribution in [-0.4, -0.2) is 33.7 Å². The Labute approximate surface area is 182 Å². The summed E-state index contributed by atoms with van der Waals surface area (Å²) in [5.74, 6) is 3.75. The first kappa shape index (κ1) is 19.4. The summed E-state index contributed by atoms with van der Waals surface area (Å²) in [6.45, 7) is 2.83. The van der Waals surface area contributed by atoms with E-state index in [1.54, 1.807) is 0 Å². The van der Waals surface area contributed by atoms with Crippen LogP contribution in [-0.2, 0) is 5.75 Å². The highest BCUT2D eigenvalue weighted by Gasteiger charge is 2.16. The minimum atomic E-state index is 0.228. The van der Waals surface area contributed by atoms with Crippen molar-refractivity contribution < 1.29 is 18.7 Å². The fourth-order valence-electron chi connectivity index (χ4n) is 3.04. The van der Waals surface area contributed by atoms with E-state index >= 15 is 0 Å². The molecule has 2 aromatic heterocycles. The molecule has 3 heterocycles. The molecule has 0 fully saturated rings. The van der Waals surface area contributed by atoms with Crippen molar-refractivity contribution in [3.8, 4) is 39.9 Å². The van der Waals surface area contributed by atoms with Crippen LogP contribution in [0.25, 0.3) is 22.6 Å². The van der Waals surface area contributed by atoms with Crippen molar-refractivity contribution in [2.45, 2.75) is 17.7 Å². The largest absolute Gasteiger partial charge is 0.494 e. The van der Waals surface area contributed by atoms with E-state index in [1.165, 1.54) is 11.8 Å². The normalized spacial score (nSPS) is 12.2. The van der Waals surface area contributed by atoms with E-state index < -0.39 is 0 Å². The van der Waals surface area contributed by atoms with Crippen LogP contribution < -0.4 is 14.2 Å². The predicted molar refractivity (Wildman–Crippen MR) is 114 cm³/mol. The van der Waals surface area contributed by atoms with E-state index in [0.29, 0.717) is 29.8 Å². The molecule has 8 nitrogen and oxygen atoms in total. The maximum absolute atomic E-state index is 5.47. The molecule has 0 radical (unpaired) electrons. The number of thioether (sulfide) groups is 1. The van der Waals surface area contributed by atoms with Gasteiger partial charge in [0.25, 0.3) is 0 Å². The predicted octanol–water partition coefficient (Wildman–Crippen LogP) is 4.61. The van der Waals surface area contributed by atoms with Gasteiger partial charge in [0, 0.05) is 11.1 Å². The van der Waals surface area contributed by atoms with Crippen LogP contribution >= 0.6 is 11.8 Å². The quantitative estimate of drug-likeness (QED) is 0.386. The van der Waals surface area contributed by atoms with Crippen LogP contribution in [0.3, 0.4) is 0 Å². The zero-order valence-electron chi connectivity index (χ0n) is 16.6. The summed E-state index contributed by atoms with van der Waals surface area (Å²) in [6, 6.07) is 17.2. The first-order valence-corrected chi connectivity index (χ1v) is 10.7. The lowest BCUT2D eigenvalue weighted by molar-refractivity contribution is 0.174. The van der Waals surface area contributed by atoms with Crippen molar-refractivity contribution >= 4 is 11.8 Å². The standard InChI is InChI=1S/C22H18N4O4S/c1-2-27-16-6-3-14(4-7-16)17-8-10-21(25-24-17)31-12-20-23-22(26-30-20)15-5-9-18-19(11-15)29-13-28-18/h3-11H,2,12-13H2,1H3. The number of rotatable bonds is 7. The zero-order valence-corrected chi connectivity index (χ0v) is 17.5. The van der Waals surface area contributed by atoms with Crippen LogP contribution in [0.15, 0.2) is 64.1 Å². The molecule has 0 N–H and O–H groups in total. The lowest BCUT2D eigenvalue weighted by Gasteiger charge is -2.04. The van der Waals surface area contributed by atoms with Gasteiger partial charge in [0.2, 0.25) is 18.5 Å². The van der Waals surface area contributed by atoms with Gasteiger partial charge in [-0.15, -0.1) is 10.2 Å². The zero-order chi connectivity index (χ0) is 21.0. The molecule has 1 aliphatic rings. The van der Waals surface area contributed by atoms with Crippen molar-refractivity contribution in [1.29, 1.82) is 0 Å². The molecule has 0 aliphatic carbocycles. The van der Waals surface area contributed by atoms with Gasteiger partial charge >= 0.3 is 0 Å². The van der Waals surface area contributed by atoms with Gasteiger partial charge in [0.1, 0.15) is 10.8 Å². The molecule has 9 heteroatoms. The Balaban J connectivity index is 1.21. The van der Waals surface area contributed by atoms with Gasteiger partial charge in [-0.3, -0.25) is 0 Å². The molecular weight excluding hydrogens is 416 g/mol. The van der Waals surface area contributed by atoms with Crippen molar-refractivity contribution in [2.75, 3.05) is 13.4 Å². The monoisotopic (exact) mass is 434 g/mol. The second-order valence-corrected chi connectivity index (χ2v) is 7.58. The summed E-state index contributed by atoms with van der Waals surface area (Å²) in [7, 11) is 0. The Kier molecular flexibility index (Phi) is 5.40. The van der Waals surface area contributed by atoms with Crippen molar-refractivity contribution in [1.82, 2.24) is 20.3 Å². The van der Waals surface area contributed by atoms with Gasteiger partial charge in [0.05, 0.1) is 18.1 Å². The van der Waals surface area contributed by atoms with Crippen LogP contribution in [0.5, 0.6) is 17.2 Å². The average Bonchev–Trinajstić information content (AvgIpc) is 3.48. The Morgan fingerprint density at radius 3 is 2.58 bits per heavy atom. The summed E-state index contributed by atoms with van der Waals surface area (Å²) >= 11 is 1.48. The highest BCUT2D eigenvalue weighted by molar-refractivity contribution is 7.98. The Morgan fingerprint density at radius 2 is 1.77 bits per heavy atom. The summed E-state index contributed by atoms with van der Waals surface area (Å²) < 4.78 is 21.6. The molecule has 0 spiro atoms. The summed E-state index contributed by atoms with van der Waals surface area (Å²) in [4.78, 5) is 4.45. The minimum absolute atomic E-state index is 0.228. The molecule has 2 aromatic carbocycles. The molecule has 156 valence electrons. The van der Waals surface area contributed by atoms with Gasteiger partial charge in [-0.05, 0) is 61.5 Å². The lowest BCUT2D eigenvalue weighted by Crippen LogP contribution is -1.92. The molecule has 0 unspecified atom stereocenters. The molecule has 31 heavy (non-hydrogen) atoms. The van der Waals surface area contributed by atoms with E-state index in [9.17, 15) is 0 Å². The van der Waals surface area contributed by atoms with Crippen molar-refractivity contribution in [2.24, 2.45) is 0 Å². The third-order valence-electron chi connectivity index (χ3n) is 4.54. The van der Waals surface area contributed by atoms with Crippen molar-refractivity contribution in [3.63, 3.8) is 0 Å². The fraction of sp³-hybridized carbons (Fsp3) is 0.182. The fourth-order valence-corrected chi connectivity index (χ4v) is 3.69. The van der Waals surface area contributed by atoms with Gasteiger partial charge < -0.3 is 18.7 Å². The number of hydrogen-bond donors (Lipinski definition) is 0. The first-order chi connectivity index (χ1) is 15.3. The van der Waals surface area contributed by atoms with E-state index in [-0.39, 0.29) is 6.79 Å². The molecule has 1 aliphatic heterocycles. The van der Waals surface area contributed by atoms with Crippen LogP contribution in [0, 0.1) is 0 Å². The molecule has 0 atom stereocenters. The second-order valence-electron chi connectivity index (χ2n) is 6.58. The second kappa shape index (κ2) is 8.65. The maximum Gasteiger partial charge on any atom is 0.237 e. The summed E-state index contributed by atoms with van der Waals surface area (Å²) in [6.07, 6.45) is 0. The number of hydrogen-bond acceptors (Lipinski definition) is 9. The maximum atomic E-state index is 5.47. The highest BCUT2D eigenvalue weighted by Crippen LogP contribution is 2.35. The van der Waals surface area contributed by atoms with Gasteiger partial charge in [-0.25, -0.2) is 0 Å². The van der Waals surface area contributed by atoms with E-state index in [1.807, 2.05) is 61.5 Å². The SMILES string of the molecule is CCOc1ccc(-c2ccc(SCc3nc(-c4ccc5c(c4)OCO5)no3)nn2)cc1.